The molecular formula is C33H33N5O4. The SMILES string of the molecule is O=C(O)c1ccc2nc(CN3CCN(c4nc(OCc5ccccc5)cc5ccccc45)CC3)n(CC3CCO3)c2c1. The second-order valence-electron chi connectivity index (χ2n) is 11.0. The van der Waals surface area contributed by atoms with Crippen LogP contribution in [-0.2, 0) is 24.4 Å². The van der Waals surface area contributed by atoms with E-state index >= 15 is 0 Å². The average Bonchev–Trinajstić information content (AvgIpc) is 3.34. The molecule has 5 aromatic rings. The van der Waals surface area contributed by atoms with Gasteiger partial charge in [0.15, 0.2) is 0 Å². The molecule has 0 aliphatic carbocycles. The third-order valence-corrected chi connectivity index (χ3v) is 8.22. The Morgan fingerprint density at radius 2 is 1.74 bits per heavy atom. The standard InChI is InChI=1S/C33H33N5O4/c39-33(40)25-10-11-28-29(18-25)38(20-26-12-17-41-26)30(34-28)21-36-13-15-37(16-14-36)32-27-9-5-4-8-24(27)19-31(35-32)42-22-23-6-2-1-3-7-23/h1-11,18-19,26H,12-17,20-22H2,(H,39,40). The Hall–Kier alpha value is -4.47. The van der Waals surface area contributed by atoms with Crippen molar-refractivity contribution in [2.45, 2.75) is 32.2 Å². The van der Waals surface area contributed by atoms with Gasteiger partial charge in [0.05, 0.1) is 35.8 Å². The Balaban J connectivity index is 1.09. The van der Waals surface area contributed by atoms with Crippen molar-refractivity contribution in [2.75, 3.05) is 37.7 Å². The number of rotatable bonds is 9. The Bertz CT molecular complexity index is 1730. The summed E-state index contributed by atoms with van der Waals surface area (Å²) in [6.07, 6.45) is 1.15. The lowest BCUT2D eigenvalue weighted by Gasteiger charge is -2.36. The van der Waals surface area contributed by atoms with Crippen molar-refractivity contribution in [1.82, 2.24) is 19.4 Å². The van der Waals surface area contributed by atoms with E-state index in [-0.39, 0.29) is 11.7 Å². The van der Waals surface area contributed by atoms with Gasteiger partial charge in [0.25, 0.3) is 0 Å². The van der Waals surface area contributed by atoms with Gasteiger partial charge < -0.3 is 24.0 Å². The maximum atomic E-state index is 11.6. The second kappa shape index (κ2) is 11.4. The van der Waals surface area contributed by atoms with Crippen molar-refractivity contribution in [3.63, 3.8) is 0 Å². The maximum Gasteiger partial charge on any atom is 0.335 e. The highest BCUT2D eigenvalue weighted by molar-refractivity contribution is 5.93. The van der Waals surface area contributed by atoms with Gasteiger partial charge in [-0.15, -0.1) is 0 Å². The maximum absolute atomic E-state index is 11.6. The molecule has 1 N–H and O–H groups in total. The Morgan fingerprint density at radius 1 is 0.952 bits per heavy atom. The first-order valence-electron chi connectivity index (χ1n) is 14.5. The van der Waals surface area contributed by atoms with Gasteiger partial charge in [0.2, 0.25) is 5.88 Å². The fourth-order valence-corrected chi connectivity index (χ4v) is 5.78. The monoisotopic (exact) mass is 563 g/mol. The van der Waals surface area contributed by atoms with Gasteiger partial charge in [-0.2, -0.15) is 4.98 Å². The van der Waals surface area contributed by atoms with Crippen molar-refractivity contribution >= 4 is 33.6 Å². The van der Waals surface area contributed by atoms with Gasteiger partial charge in [0, 0.05) is 44.2 Å². The number of pyridine rings is 1. The van der Waals surface area contributed by atoms with E-state index in [1.807, 2.05) is 36.4 Å². The first-order chi connectivity index (χ1) is 20.6. The minimum Gasteiger partial charge on any atom is -0.478 e. The lowest BCUT2D eigenvalue weighted by Crippen LogP contribution is -2.46. The smallest absolute Gasteiger partial charge is 0.335 e. The molecule has 9 nitrogen and oxygen atoms in total. The zero-order valence-corrected chi connectivity index (χ0v) is 23.4. The molecule has 0 bridgehead atoms. The molecule has 0 radical (unpaired) electrons. The predicted octanol–water partition coefficient (Wildman–Crippen LogP) is 4.97. The molecular weight excluding hydrogens is 530 g/mol. The normalized spacial score (nSPS) is 17.4. The number of carboxylic acids is 1. The summed E-state index contributed by atoms with van der Waals surface area (Å²) in [5.41, 5.74) is 3.04. The summed E-state index contributed by atoms with van der Waals surface area (Å²) in [6, 6.07) is 25.7. The van der Waals surface area contributed by atoms with Gasteiger partial charge in [0.1, 0.15) is 18.2 Å². The number of aromatic carboxylic acids is 1. The zero-order chi connectivity index (χ0) is 28.5. The van der Waals surface area contributed by atoms with Gasteiger partial charge in [-0.1, -0.05) is 54.6 Å². The molecule has 0 amide bonds. The highest BCUT2D eigenvalue weighted by Crippen LogP contribution is 2.30. The fraction of sp³-hybridized carbons (Fsp3) is 0.303. The molecule has 1 unspecified atom stereocenters. The van der Waals surface area contributed by atoms with E-state index in [9.17, 15) is 9.90 Å². The molecule has 42 heavy (non-hydrogen) atoms. The lowest BCUT2D eigenvalue weighted by molar-refractivity contribution is -0.0592. The highest BCUT2D eigenvalue weighted by atomic mass is 16.5. The minimum atomic E-state index is -0.933. The number of benzene rings is 3. The summed E-state index contributed by atoms with van der Waals surface area (Å²) in [4.78, 5) is 26.3. The van der Waals surface area contributed by atoms with Crippen molar-refractivity contribution < 1.29 is 19.4 Å². The second-order valence-corrected chi connectivity index (χ2v) is 11.0. The van der Waals surface area contributed by atoms with Crippen LogP contribution in [0.25, 0.3) is 21.8 Å². The Morgan fingerprint density at radius 3 is 2.50 bits per heavy atom. The molecule has 1 atom stereocenters. The first-order valence-corrected chi connectivity index (χ1v) is 14.5. The van der Waals surface area contributed by atoms with E-state index in [0.29, 0.717) is 25.6 Å². The number of imidazole rings is 1. The fourth-order valence-electron chi connectivity index (χ4n) is 5.78. The number of carboxylic acid groups (broad SMARTS) is 1. The summed E-state index contributed by atoms with van der Waals surface area (Å²) in [6.45, 7) is 5.98. The largest absolute Gasteiger partial charge is 0.478 e. The molecule has 7 rings (SSSR count). The van der Waals surface area contributed by atoms with Crippen LogP contribution in [0, 0.1) is 0 Å². The molecule has 2 saturated heterocycles. The third kappa shape index (κ3) is 5.41. The molecule has 0 spiro atoms. The summed E-state index contributed by atoms with van der Waals surface area (Å²) in [5.74, 6) is 1.59. The number of ether oxygens (including phenoxy) is 2. The molecule has 0 saturated carbocycles. The van der Waals surface area contributed by atoms with E-state index in [1.165, 1.54) is 0 Å². The minimum absolute atomic E-state index is 0.141. The van der Waals surface area contributed by atoms with E-state index in [2.05, 4.69) is 44.7 Å². The first kappa shape index (κ1) is 26.4. The topological polar surface area (TPSA) is 93.0 Å². The lowest BCUT2D eigenvalue weighted by atomic mass is 10.1. The van der Waals surface area contributed by atoms with Crippen LogP contribution in [0.5, 0.6) is 5.88 Å². The van der Waals surface area contributed by atoms with Gasteiger partial charge in [-0.25, -0.2) is 9.78 Å². The molecule has 2 aliphatic heterocycles. The molecule has 3 aromatic carbocycles. The number of fused-ring (bicyclic) bond motifs is 2. The molecule has 214 valence electrons. The number of nitrogens with zero attached hydrogens (tertiary/aromatic N) is 5. The average molecular weight is 564 g/mol. The van der Waals surface area contributed by atoms with Crippen LogP contribution >= 0.6 is 0 Å². The summed E-state index contributed by atoms with van der Waals surface area (Å²) < 4.78 is 14.0. The predicted molar refractivity (Wildman–Crippen MR) is 161 cm³/mol. The van der Waals surface area contributed by atoms with Crippen LogP contribution in [-0.4, -0.2) is 69.4 Å². The van der Waals surface area contributed by atoms with Gasteiger partial charge in [-0.05, 0) is 35.6 Å². The number of anilines is 1. The molecule has 4 heterocycles. The summed E-state index contributed by atoms with van der Waals surface area (Å²) in [7, 11) is 0. The third-order valence-electron chi connectivity index (χ3n) is 8.22. The van der Waals surface area contributed by atoms with Crippen LogP contribution in [0.1, 0.15) is 28.2 Å². The number of carbonyl (C=O) groups is 1. The molecule has 2 fully saturated rings. The van der Waals surface area contributed by atoms with E-state index in [1.54, 1.807) is 12.1 Å². The van der Waals surface area contributed by atoms with Crippen LogP contribution in [0.3, 0.4) is 0 Å². The van der Waals surface area contributed by atoms with Gasteiger partial charge in [-0.3, -0.25) is 4.90 Å². The molecule has 2 aromatic heterocycles. The number of hydrogen-bond donors (Lipinski definition) is 1. The Labute approximate surface area is 243 Å². The molecule has 2 aliphatic rings. The van der Waals surface area contributed by atoms with Crippen LogP contribution < -0.4 is 9.64 Å². The van der Waals surface area contributed by atoms with E-state index in [4.69, 9.17) is 19.4 Å². The quantitative estimate of drug-likeness (QED) is 0.269. The van der Waals surface area contributed by atoms with Crippen LogP contribution in [0.4, 0.5) is 5.82 Å². The van der Waals surface area contributed by atoms with Crippen molar-refractivity contribution in [1.29, 1.82) is 0 Å². The van der Waals surface area contributed by atoms with Crippen molar-refractivity contribution in [2.24, 2.45) is 0 Å². The number of hydrogen-bond acceptors (Lipinski definition) is 7. The Kier molecular flexibility index (Phi) is 7.19. The van der Waals surface area contributed by atoms with Crippen LogP contribution in [0.2, 0.25) is 0 Å². The van der Waals surface area contributed by atoms with E-state index in [0.717, 1.165) is 78.2 Å². The van der Waals surface area contributed by atoms with Crippen LogP contribution in [0.15, 0.2) is 78.9 Å². The van der Waals surface area contributed by atoms with Crippen molar-refractivity contribution in [3.8, 4) is 5.88 Å². The number of piperazine rings is 1. The highest BCUT2D eigenvalue weighted by Gasteiger charge is 2.25. The zero-order valence-electron chi connectivity index (χ0n) is 23.4. The summed E-state index contributed by atoms with van der Waals surface area (Å²) >= 11 is 0. The van der Waals surface area contributed by atoms with E-state index < -0.39 is 5.97 Å². The van der Waals surface area contributed by atoms with Gasteiger partial charge >= 0.3 is 5.97 Å². The van der Waals surface area contributed by atoms with Crippen molar-refractivity contribution in [3.05, 3.63) is 95.8 Å². The number of aromatic nitrogens is 3. The summed E-state index contributed by atoms with van der Waals surface area (Å²) in [5, 5.41) is 11.8. The molecule has 9 heteroatoms.